The highest BCUT2D eigenvalue weighted by atomic mass is 16.3. The molecule has 0 saturated carbocycles. The van der Waals surface area contributed by atoms with Gasteiger partial charge in [0.2, 0.25) is 0 Å². The van der Waals surface area contributed by atoms with Crippen molar-refractivity contribution in [1.29, 1.82) is 0 Å². The zero-order chi connectivity index (χ0) is 17.8. The summed E-state index contributed by atoms with van der Waals surface area (Å²) in [5.74, 6) is 0.442. The van der Waals surface area contributed by atoms with Gasteiger partial charge in [0.15, 0.2) is 5.82 Å². The minimum absolute atomic E-state index is 0.0922. The van der Waals surface area contributed by atoms with Crippen LogP contribution in [0.25, 0.3) is 10.9 Å². The van der Waals surface area contributed by atoms with Crippen molar-refractivity contribution >= 4 is 10.9 Å². The number of hydrogen-bond acceptors (Lipinski definition) is 4. The average Bonchev–Trinajstić information content (AvgIpc) is 3.29. The molecular formula is C20H25N3O2. The first kappa shape index (κ1) is 16.3. The van der Waals surface area contributed by atoms with E-state index >= 15 is 0 Å². The maximum Gasteiger partial charge on any atom is 0.280 e. The van der Waals surface area contributed by atoms with Crippen LogP contribution in [0.15, 0.2) is 41.2 Å². The Balaban J connectivity index is 1.92. The topological polar surface area (TPSA) is 58.1 Å². The Morgan fingerprint density at radius 1 is 1.28 bits per heavy atom. The van der Waals surface area contributed by atoms with Crippen LogP contribution >= 0.6 is 0 Å². The molecule has 0 radical (unpaired) electrons. The lowest BCUT2D eigenvalue weighted by molar-refractivity contribution is 0.0511. The smallest absolute Gasteiger partial charge is 0.280 e. The number of rotatable bonds is 2. The molecule has 1 aliphatic carbocycles. The number of benzene rings is 1. The Labute approximate surface area is 147 Å². The van der Waals surface area contributed by atoms with Gasteiger partial charge in [-0.2, -0.15) is 0 Å². The van der Waals surface area contributed by atoms with Crippen molar-refractivity contribution in [3.05, 3.63) is 52.6 Å². The summed E-state index contributed by atoms with van der Waals surface area (Å²) in [6.45, 7) is 5.89. The Bertz CT molecular complexity index is 894. The van der Waals surface area contributed by atoms with Gasteiger partial charge in [-0.1, -0.05) is 45.1 Å². The maximum absolute atomic E-state index is 13.2. The SMILES string of the molecule is CC(C)(C)[C@H](O)c1nc2ccccc2c(=O)n1N1[C@@H]2C=CCCC[C@@H]21. The van der Waals surface area contributed by atoms with E-state index in [2.05, 4.69) is 17.2 Å². The molecule has 0 spiro atoms. The zero-order valence-electron chi connectivity index (χ0n) is 15.0. The molecule has 1 aromatic carbocycles. The van der Waals surface area contributed by atoms with E-state index in [1.54, 1.807) is 4.68 Å². The molecule has 1 N–H and O–H groups in total. The Morgan fingerprint density at radius 2 is 2.04 bits per heavy atom. The van der Waals surface area contributed by atoms with Crippen molar-refractivity contribution in [3.8, 4) is 0 Å². The Kier molecular flexibility index (Phi) is 3.72. The van der Waals surface area contributed by atoms with Crippen LogP contribution in [0.2, 0.25) is 0 Å². The first-order valence-corrected chi connectivity index (χ1v) is 9.04. The van der Waals surface area contributed by atoms with Crippen LogP contribution in [0.4, 0.5) is 0 Å². The van der Waals surface area contributed by atoms with Crippen LogP contribution in [0.1, 0.15) is 52.0 Å². The lowest BCUT2D eigenvalue weighted by Gasteiger charge is -2.28. The summed E-state index contributed by atoms with van der Waals surface area (Å²) in [7, 11) is 0. The molecule has 0 amide bonds. The predicted molar refractivity (Wildman–Crippen MR) is 99.2 cm³/mol. The summed E-state index contributed by atoms with van der Waals surface area (Å²) >= 11 is 0. The standard InChI is InChI=1S/C20H25N3O2/c1-20(2,3)17(24)18-21-14-10-8-7-9-13(14)19(25)23(18)22-15-11-5-4-6-12-16(15)22/h5,7-11,15-17,24H,4,6,12H2,1-3H3/t15-,16+,17-,22?/m1/s1. The fourth-order valence-electron chi connectivity index (χ4n) is 3.70. The Morgan fingerprint density at radius 3 is 2.80 bits per heavy atom. The molecule has 2 heterocycles. The molecule has 1 aliphatic heterocycles. The lowest BCUT2D eigenvalue weighted by Crippen LogP contribution is -2.38. The second kappa shape index (κ2) is 5.70. The first-order valence-electron chi connectivity index (χ1n) is 9.04. The van der Waals surface area contributed by atoms with E-state index in [0.717, 1.165) is 19.3 Å². The average molecular weight is 339 g/mol. The van der Waals surface area contributed by atoms with Crippen LogP contribution in [-0.2, 0) is 0 Å². The first-order chi connectivity index (χ1) is 11.9. The second-order valence-corrected chi connectivity index (χ2v) is 8.17. The maximum atomic E-state index is 13.2. The van der Waals surface area contributed by atoms with Crippen molar-refractivity contribution in [2.24, 2.45) is 5.41 Å². The number of aromatic nitrogens is 2. The zero-order valence-corrected chi connectivity index (χ0v) is 15.0. The van der Waals surface area contributed by atoms with Crippen molar-refractivity contribution < 1.29 is 5.11 Å². The summed E-state index contributed by atoms with van der Waals surface area (Å²) in [4.78, 5) is 17.9. The third-order valence-electron chi connectivity index (χ3n) is 5.23. The summed E-state index contributed by atoms with van der Waals surface area (Å²) < 4.78 is 1.64. The van der Waals surface area contributed by atoms with Gasteiger partial charge < -0.3 is 5.11 Å². The summed E-state index contributed by atoms with van der Waals surface area (Å²) in [6, 6.07) is 7.93. The van der Waals surface area contributed by atoms with E-state index in [-0.39, 0.29) is 11.6 Å². The normalized spacial score (nSPS) is 24.1. The van der Waals surface area contributed by atoms with Crippen molar-refractivity contribution in [2.75, 3.05) is 5.01 Å². The van der Waals surface area contributed by atoms with Gasteiger partial charge in [-0.25, -0.2) is 9.66 Å². The van der Waals surface area contributed by atoms with Gasteiger partial charge in [0.1, 0.15) is 6.10 Å². The van der Waals surface area contributed by atoms with E-state index in [0.29, 0.717) is 22.8 Å². The van der Waals surface area contributed by atoms with Crippen LogP contribution < -0.4 is 10.6 Å². The second-order valence-electron chi connectivity index (χ2n) is 8.17. The third kappa shape index (κ3) is 2.67. The molecule has 2 aliphatic rings. The van der Waals surface area contributed by atoms with E-state index in [4.69, 9.17) is 4.98 Å². The highest BCUT2D eigenvalue weighted by Crippen LogP contribution is 2.37. The van der Waals surface area contributed by atoms with Crippen molar-refractivity contribution in [3.63, 3.8) is 0 Å². The van der Waals surface area contributed by atoms with E-state index in [1.807, 2.05) is 45.0 Å². The quantitative estimate of drug-likeness (QED) is 0.675. The van der Waals surface area contributed by atoms with Gasteiger partial charge >= 0.3 is 0 Å². The number of allylic oxidation sites excluding steroid dienone is 1. The molecule has 1 aromatic heterocycles. The number of aliphatic hydroxyl groups is 1. The number of aliphatic hydroxyl groups excluding tert-OH is 1. The van der Waals surface area contributed by atoms with E-state index < -0.39 is 11.5 Å². The van der Waals surface area contributed by atoms with Crippen LogP contribution in [-0.4, -0.2) is 26.9 Å². The highest BCUT2D eigenvalue weighted by molar-refractivity contribution is 5.77. The Hall–Kier alpha value is -2.14. The van der Waals surface area contributed by atoms with Gasteiger partial charge in [0.25, 0.3) is 5.56 Å². The lowest BCUT2D eigenvalue weighted by atomic mass is 9.88. The summed E-state index contributed by atoms with van der Waals surface area (Å²) in [5.41, 5.74) is 0.141. The number of fused-ring (bicyclic) bond motifs is 2. The summed E-state index contributed by atoms with van der Waals surface area (Å²) in [6.07, 6.45) is 6.85. The molecule has 132 valence electrons. The molecule has 2 aromatic rings. The van der Waals surface area contributed by atoms with Crippen LogP contribution in [0, 0.1) is 5.41 Å². The van der Waals surface area contributed by atoms with Gasteiger partial charge in [0.05, 0.1) is 23.0 Å². The molecule has 0 bridgehead atoms. The van der Waals surface area contributed by atoms with Crippen molar-refractivity contribution in [2.45, 2.75) is 58.2 Å². The summed E-state index contributed by atoms with van der Waals surface area (Å²) in [5, 5.41) is 13.6. The van der Waals surface area contributed by atoms with Gasteiger partial charge in [-0.05, 0) is 36.8 Å². The molecule has 5 heteroatoms. The van der Waals surface area contributed by atoms with E-state index in [1.165, 1.54) is 0 Å². The molecule has 1 saturated heterocycles. The van der Waals surface area contributed by atoms with Crippen LogP contribution in [0.3, 0.4) is 0 Å². The highest BCUT2D eigenvalue weighted by Gasteiger charge is 2.49. The molecule has 25 heavy (non-hydrogen) atoms. The number of hydrogen-bond donors (Lipinski definition) is 1. The fourth-order valence-corrected chi connectivity index (χ4v) is 3.70. The fraction of sp³-hybridized carbons (Fsp3) is 0.500. The molecule has 0 unspecified atom stereocenters. The van der Waals surface area contributed by atoms with Gasteiger partial charge in [-0.15, -0.1) is 0 Å². The minimum atomic E-state index is -0.821. The number of nitrogens with zero attached hydrogens (tertiary/aromatic N) is 3. The molecular weight excluding hydrogens is 314 g/mol. The molecule has 3 atom stereocenters. The minimum Gasteiger partial charge on any atom is -0.385 e. The predicted octanol–water partition coefficient (Wildman–Crippen LogP) is 2.90. The van der Waals surface area contributed by atoms with E-state index in [9.17, 15) is 9.90 Å². The molecule has 1 fully saturated rings. The monoisotopic (exact) mass is 339 g/mol. The molecule has 5 nitrogen and oxygen atoms in total. The van der Waals surface area contributed by atoms with Gasteiger partial charge in [-0.3, -0.25) is 9.80 Å². The molecule has 4 rings (SSSR count). The number of para-hydroxylation sites is 1. The third-order valence-corrected chi connectivity index (χ3v) is 5.23. The van der Waals surface area contributed by atoms with Crippen LogP contribution in [0.5, 0.6) is 0 Å². The largest absolute Gasteiger partial charge is 0.385 e. The van der Waals surface area contributed by atoms with Gasteiger partial charge in [0, 0.05) is 0 Å². The van der Waals surface area contributed by atoms with Crippen molar-refractivity contribution in [1.82, 2.24) is 9.66 Å².